The lowest BCUT2D eigenvalue weighted by molar-refractivity contribution is 0.0978. The molecule has 0 aliphatic carbocycles. The first-order valence-corrected chi connectivity index (χ1v) is 9.53. The molecule has 0 N–H and O–H groups in total. The van der Waals surface area contributed by atoms with Crippen LogP contribution in [0.5, 0.6) is 0 Å². The number of benzene rings is 3. The summed E-state index contributed by atoms with van der Waals surface area (Å²) in [6.07, 6.45) is 0.425. The Kier molecular flexibility index (Phi) is 5.16. The van der Waals surface area contributed by atoms with E-state index in [2.05, 4.69) is 4.99 Å². The van der Waals surface area contributed by atoms with Crippen LogP contribution in [0.3, 0.4) is 0 Å². The van der Waals surface area contributed by atoms with Crippen LogP contribution < -0.4 is 4.90 Å². The van der Waals surface area contributed by atoms with E-state index in [-0.39, 0.29) is 11.9 Å². The predicted molar refractivity (Wildman–Crippen MR) is 111 cm³/mol. The molecule has 29 heavy (non-hydrogen) atoms. The molecule has 146 valence electrons. The van der Waals surface area contributed by atoms with E-state index in [1.165, 1.54) is 36.4 Å². The van der Waals surface area contributed by atoms with Crippen molar-refractivity contribution in [3.05, 3.63) is 94.5 Å². The number of rotatable bonds is 2. The van der Waals surface area contributed by atoms with Crippen LogP contribution in [0, 0.1) is 11.6 Å². The average molecular weight is 411 g/mol. The number of amides is 1. The number of aliphatic imine (C=N–C) groups is 1. The Morgan fingerprint density at radius 2 is 1.72 bits per heavy atom. The van der Waals surface area contributed by atoms with Gasteiger partial charge in [-0.05, 0) is 61.5 Å². The van der Waals surface area contributed by atoms with E-state index in [1.807, 2.05) is 19.1 Å². The molecule has 1 amide bonds. The molecule has 6 heteroatoms. The molecule has 1 unspecified atom stereocenters. The number of hydrogen-bond acceptors (Lipinski definition) is 2. The predicted octanol–water partition coefficient (Wildman–Crippen LogP) is 6.18. The van der Waals surface area contributed by atoms with Crippen LogP contribution in [0.1, 0.15) is 29.3 Å². The van der Waals surface area contributed by atoms with Gasteiger partial charge >= 0.3 is 0 Å². The lowest BCUT2D eigenvalue weighted by atomic mass is 9.93. The van der Waals surface area contributed by atoms with Crippen LogP contribution in [0.2, 0.25) is 5.02 Å². The smallest absolute Gasteiger partial charge is 0.258 e. The van der Waals surface area contributed by atoms with Gasteiger partial charge < -0.3 is 4.90 Å². The second-order valence-electron chi connectivity index (χ2n) is 6.91. The number of nitrogens with zero attached hydrogens (tertiary/aromatic N) is 2. The van der Waals surface area contributed by atoms with Gasteiger partial charge in [0, 0.05) is 23.6 Å². The summed E-state index contributed by atoms with van der Waals surface area (Å²) >= 11 is 6.23. The van der Waals surface area contributed by atoms with Crippen molar-refractivity contribution in [3.63, 3.8) is 0 Å². The van der Waals surface area contributed by atoms with Crippen molar-refractivity contribution in [2.45, 2.75) is 19.4 Å². The van der Waals surface area contributed by atoms with E-state index in [9.17, 15) is 13.6 Å². The highest BCUT2D eigenvalue weighted by Gasteiger charge is 2.32. The zero-order chi connectivity index (χ0) is 20.5. The zero-order valence-corrected chi connectivity index (χ0v) is 16.3. The lowest BCUT2D eigenvalue weighted by Gasteiger charge is -2.36. The van der Waals surface area contributed by atoms with Crippen molar-refractivity contribution in [3.8, 4) is 0 Å². The fourth-order valence-electron chi connectivity index (χ4n) is 3.50. The highest BCUT2D eigenvalue weighted by atomic mass is 35.5. The lowest BCUT2D eigenvalue weighted by Crippen LogP contribution is -2.44. The van der Waals surface area contributed by atoms with E-state index in [4.69, 9.17) is 11.6 Å². The third kappa shape index (κ3) is 3.78. The number of carbonyl (C=O) groups excluding carboxylic acids is 1. The van der Waals surface area contributed by atoms with Gasteiger partial charge in [0.2, 0.25) is 0 Å². The van der Waals surface area contributed by atoms with Crippen molar-refractivity contribution in [2.24, 2.45) is 4.99 Å². The first-order valence-electron chi connectivity index (χ1n) is 9.15. The number of fused-ring (bicyclic) bond motifs is 1. The maximum atomic E-state index is 14.1. The Morgan fingerprint density at radius 3 is 2.45 bits per heavy atom. The number of halogens is 3. The topological polar surface area (TPSA) is 32.7 Å². The van der Waals surface area contributed by atoms with E-state index in [0.717, 1.165) is 0 Å². The number of anilines is 1. The van der Waals surface area contributed by atoms with Gasteiger partial charge in [-0.25, -0.2) is 8.78 Å². The standard InChI is InChI=1S/C23H17ClF2N2O/c1-14-12-21(27-20-5-3-2-4-19(20)24)18-13-17(26)10-11-22(18)28(14)23(29)15-6-8-16(25)9-7-15/h2-11,13-14H,12H2,1H3. The van der Waals surface area contributed by atoms with Gasteiger partial charge in [0.05, 0.1) is 22.1 Å². The fourth-order valence-corrected chi connectivity index (χ4v) is 3.68. The number of para-hydroxylation sites is 1. The van der Waals surface area contributed by atoms with Crippen LogP contribution >= 0.6 is 11.6 Å². The van der Waals surface area contributed by atoms with Crippen LogP contribution in [0.15, 0.2) is 71.7 Å². The molecule has 0 bridgehead atoms. The van der Waals surface area contributed by atoms with Gasteiger partial charge in [-0.15, -0.1) is 0 Å². The fraction of sp³-hybridized carbons (Fsp3) is 0.130. The molecular formula is C23H17ClF2N2O. The monoisotopic (exact) mass is 410 g/mol. The van der Waals surface area contributed by atoms with E-state index in [1.54, 1.807) is 23.1 Å². The molecule has 1 heterocycles. The molecule has 0 aromatic heterocycles. The Bertz CT molecular complexity index is 1110. The van der Waals surface area contributed by atoms with Crippen molar-refractivity contribution in [1.82, 2.24) is 0 Å². The average Bonchev–Trinajstić information content (AvgIpc) is 2.70. The quantitative estimate of drug-likeness (QED) is 0.496. The molecule has 1 aliphatic heterocycles. The summed E-state index contributed by atoms with van der Waals surface area (Å²) in [5.41, 5.74) is 2.71. The van der Waals surface area contributed by atoms with E-state index < -0.39 is 11.6 Å². The van der Waals surface area contributed by atoms with Gasteiger partial charge in [0.1, 0.15) is 11.6 Å². The summed E-state index contributed by atoms with van der Waals surface area (Å²) in [6, 6.07) is 16.6. The molecule has 1 aliphatic rings. The van der Waals surface area contributed by atoms with Gasteiger partial charge in [-0.1, -0.05) is 23.7 Å². The molecule has 0 fully saturated rings. The van der Waals surface area contributed by atoms with Crippen molar-refractivity contribution in [1.29, 1.82) is 0 Å². The Hall–Kier alpha value is -3.05. The molecule has 1 atom stereocenters. The van der Waals surface area contributed by atoms with Crippen LogP contribution in [-0.2, 0) is 0 Å². The third-order valence-electron chi connectivity index (χ3n) is 4.88. The third-order valence-corrected chi connectivity index (χ3v) is 5.20. The minimum Gasteiger partial charge on any atom is -0.305 e. The van der Waals surface area contributed by atoms with Gasteiger partial charge in [0.15, 0.2) is 0 Å². The van der Waals surface area contributed by atoms with Crippen LogP contribution in [0.4, 0.5) is 20.2 Å². The minimum atomic E-state index is -0.417. The minimum absolute atomic E-state index is 0.230. The summed E-state index contributed by atoms with van der Waals surface area (Å²) in [7, 11) is 0. The summed E-state index contributed by atoms with van der Waals surface area (Å²) in [6.45, 7) is 1.90. The molecule has 3 aromatic rings. The molecule has 3 nitrogen and oxygen atoms in total. The molecule has 0 spiro atoms. The first-order chi connectivity index (χ1) is 13.9. The van der Waals surface area contributed by atoms with Gasteiger partial charge in [-0.3, -0.25) is 9.79 Å². The highest BCUT2D eigenvalue weighted by Crippen LogP contribution is 2.35. The summed E-state index contributed by atoms with van der Waals surface area (Å²) in [5.74, 6) is -1.11. The molecule has 3 aromatic carbocycles. The zero-order valence-electron chi connectivity index (χ0n) is 15.6. The van der Waals surface area contributed by atoms with Crippen molar-refractivity contribution >= 4 is 34.6 Å². The molecule has 0 saturated heterocycles. The Balaban J connectivity index is 1.81. The summed E-state index contributed by atoms with van der Waals surface area (Å²) in [5, 5.41) is 0.496. The second-order valence-corrected chi connectivity index (χ2v) is 7.31. The molecular weight excluding hydrogens is 394 g/mol. The SMILES string of the molecule is CC1CC(=Nc2ccccc2Cl)c2cc(F)ccc2N1C(=O)c1ccc(F)cc1. The van der Waals surface area contributed by atoms with Crippen LogP contribution in [-0.4, -0.2) is 17.7 Å². The first kappa shape index (κ1) is 19.3. The summed E-state index contributed by atoms with van der Waals surface area (Å²) in [4.78, 5) is 19.4. The van der Waals surface area contributed by atoms with E-state index >= 15 is 0 Å². The Labute approximate surface area is 172 Å². The normalized spacial score (nSPS) is 17.3. The molecule has 4 rings (SSSR count). The molecule has 0 radical (unpaired) electrons. The summed E-state index contributed by atoms with van der Waals surface area (Å²) < 4.78 is 27.3. The van der Waals surface area contributed by atoms with Crippen molar-refractivity contribution < 1.29 is 13.6 Å². The van der Waals surface area contributed by atoms with Crippen LogP contribution in [0.25, 0.3) is 0 Å². The van der Waals surface area contributed by atoms with Gasteiger partial charge in [0.25, 0.3) is 5.91 Å². The second kappa shape index (κ2) is 7.76. The van der Waals surface area contributed by atoms with Crippen molar-refractivity contribution in [2.75, 3.05) is 4.90 Å². The Morgan fingerprint density at radius 1 is 1.03 bits per heavy atom. The highest BCUT2D eigenvalue weighted by molar-refractivity contribution is 6.33. The van der Waals surface area contributed by atoms with Gasteiger partial charge in [-0.2, -0.15) is 0 Å². The maximum absolute atomic E-state index is 14.1. The number of hydrogen-bond donors (Lipinski definition) is 0. The molecule has 0 saturated carbocycles. The number of carbonyl (C=O) groups is 1. The van der Waals surface area contributed by atoms with E-state index in [0.29, 0.717) is 39.7 Å². The largest absolute Gasteiger partial charge is 0.305 e. The maximum Gasteiger partial charge on any atom is 0.258 e.